The topological polar surface area (TPSA) is 74.5 Å². The Labute approximate surface area is 225 Å². The van der Waals surface area contributed by atoms with Crippen LogP contribution in [0, 0.1) is 11.6 Å². The van der Waals surface area contributed by atoms with E-state index in [0.29, 0.717) is 18.8 Å². The summed E-state index contributed by atoms with van der Waals surface area (Å²) < 4.78 is 33.5. The third kappa shape index (κ3) is 5.90. The van der Waals surface area contributed by atoms with Crippen molar-refractivity contribution in [2.45, 2.75) is 46.1 Å². The van der Waals surface area contributed by atoms with E-state index in [1.54, 1.807) is 0 Å². The van der Waals surface area contributed by atoms with Gasteiger partial charge in [0.05, 0.1) is 6.54 Å². The number of halogens is 2. The molecule has 0 saturated carbocycles. The van der Waals surface area contributed by atoms with Crippen molar-refractivity contribution in [3.8, 4) is 22.5 Å². The van der Waals surface area contributed by atoms with Gasteiger partial charge in [0, 0.05) is 23.4 Å². The number of aromatic amines is 1. The molecule has 1 N–H and O–H groups in total. The number of hydrogen-bond acceptors (Lipinski definition) is 5. The number of aliphatic imine (C=N–C) groups is 1. The maximum absolute atomic E-state index is 14.4. The van der Waals surface area contributed by atoms with E-state index in [1.807, 2.05) is 48.2 Å². The molecule has 39 heavy (non-hydrogen) atoms. The Balaban J connectivity index is 1.40. The molecule has 3 aromatic carbocycles. The van der Waals surface area contributed by atoms with Crippen molar-refractivity contribution in [1.29, 1.82) is 0 Å². The van der Waals surface area contributed by atoms with Gasteiger partial charge in [0.2, 0.25) is 0 Å². The zero-order chi connectivity index (χ0) is 27.4. The highest BCUT2D eigenvalue weighted by Gasteiger charge is 2.22. The number of hydrogen-bond donors (Lipinski definition) is 1. The van der Waals surface area contributed by atoms with Crippen molar-refractivity contribution in [3.63, 3.8) is 0 Å². The second kappa shape index (κ2) is 11.6. The maximum Gasteiger partial charge on any atom is 0.439 e. The van der Waals surface area contributed by atoms with Crippen LogP contribution in [0.1, 0.15) is 44.2 Å². The first-order valence-electron chi connectivity index (χ1n) is 13.1. The van der Waals surface area contributed by atoms with Gasteiger partial charge in [-0.3, -0.25) is 9.51 Å². The highest BCUT2D eigenvalue weighted by atomic mass is 19.1. The van der Waals surface area contributed by atoms with Crippen LogP contribution < -0.4 is 5.76 Å². The molecule has 200 valence electrons. The average Bonchev–Trinajstić information content (AvgIpc) is 3.38. The molecular weight excluding hydrogens is 498 g/mol. The summed E-state index contributed by atoms with van der Waals surface area (Å²) in [4.78, 5) is 20.9. The van der Waals surface area contributed by atoms with E-state index >= 15 is 0 Å². The fourth-order valence-corrected chi connectivity index (χ4v) is 4.90. The van der Waals surface area contributed by atoms with E-state index in [2.05, 4.69) is 29.2 Å². The van der Waals surface area contributed by atoms with Crippen LogP contribution in [0.3, 0.4) is 0 Å². The van der Waals surface area contributed by atoms with Gasteiger partial charge in [-0.25, -0.2) is 18.6 Å². The lowest BCUT2D eigenvalue weighted by atomic mass is 9.95. The number of rotatable bonds is 9. The van der Waals surface area contributed by atoms with Gasteiger partial charge in [-0.05, 0) is 60.6 Å². The number of nitrogens with zero attached hydrogens (tertiary/aromatic N) is 3. The Kier molecular flexibility index (Phi) is 7.81. The zero-order valence-electron chi connectivity index (χ0n) is 22.0. The lowest BCUT2D eigenvalue weighted by molar-refractivity contribution is 0.388. The van der Waals surface area contributed by atoms with E-state index in [1.165, 1.54) is 18.2 Å². The minimum absolute atomic E-state index is 0.0554. The molecule has 8 heteroatoms. The summed E-state index contributed by atoms with van der Waals surface area (Å²) in [6.45, 7) is 4.73. The summed E-state index contributed by atoms with van der Waals surface area (Å²) in [6.07, 6.45) is 3.63. The Hall–Kier alpha value is -4.33. The van der Waals surface area contributed by atoms with E-state index < -0.39 is 17.4 Å². The fourth-order valence-electron chi connectivity index (χ4n) is 4.90. The highest BCUT2D eigenvalue weighted by Crippen LogP contribution is 2.31. The molecule has 0 saturated heterocycles. The minimum atomic E-state index is -0.598. The van der Waals surface area contributed by atoms with Crippen LogP contribution >= 0.6 is 0 Å². The molecule has 0 bridgehead atoms. The molecule has 5 rings (SSSR count). The Morgan fingerprint density at radius 1 is 0.974 bits per heavy atom. The molecule has 0 aliphatic carbocycles. The predicted octanol–water partition coefficient (Wildman–Crippen LogP) is 6.90. The fraction of sp³-hybridized carbons (Fsp3) is 0.258. The molecule has 1 aliphatic heterocycles. The Morgan fingerprint density at radius 2 is 1.69 bits per heavy atom. The average molecular weight is 529 g/mol. The van der Waals surface area contributed by atoms with Gasteiger partial charge in [0.25, 0.3) is 0 Å². The van der Waals surface area contributed by atoms with E-state index in [-0.39, 0.29) is 12.1 Å². The second-order valence-electron chi connectivity index (χ2n) is 9.73. The lowest BCUT2D eigenvalue weighted by Crippen LogP contribution is -2.35. The lowest BCUT2D eigenvalue weighted by Gasteiger charge is -2.31. The van der Waals surface area contributed by atoms with Crippen molar-refractivity contribution >= 4 is 5.84 Å². The number of aromatic nitrogens is 2. The number of benzene rings is 3. The molecule has 0 amide bonds. The van der Waals surface area contributed by atoms with Crippen molar-refractivity contribution in [3.05, 3.63) is 111 Å². The Morgan fingerprint density at radius 3 is 2.36 bits per heavy atom. The first-order chi connectivity index (χ1) is 18.9. The molecule has 4 aromatic rings. The normalized spacial score (nSPS) is 13.6. The van der Waals surface area contributed by atoms with Crippen LogP contribution in [0.2, 0.25) is 0 Å². The van der Waals surface area contributed by atoms with Crippen LogP contribution in [-0.2, 0) is 13.0 Å². The maximum atomic E-state index is 14.4. The summed E-state index contributed by atoms with van der Waals surface area (Å²) >= 11 is 0. The molecular formula is C31H30F2N4O2. The summed E-state index contributed by atoms with van der Waals surface area (Å²) in [7, 11) is 0. The summed E-state index contributed by atoms with van der Waals surface area (Å²) in [5.41, 5.74) is 6.05. The van der Waals surface area contributed by atoms with Crippen molar-refractivity contribution in [2.75, 3.05) is 6.54 Å². The van der Waals surface area contributed by atoms with Gasteiger partial charge in [-0.1, -0.05) is 73.1 Å². The van der Waals surface area contributed by atoms with Crippen molar-refractivity contribution in [1.82, 2.24) is 15.0 Å². The first kappa shape index (κ1) is 26.3. The molecule has 2 heterocycles. The van der Waals surface area contributed by atoms with E-state index in [4.69, 9.17) is 9.52 Å². The largest absolute Gasteiger partial charge is 0.439 e. The van der Waals surface area contributed by atoms with Gasteiger partial charge in [0.1, 0.15) is 17.5 Å². The van der Waals surface area contributed by atoms with Crippen molar-refractivity contribution < 1.29 is 13.3 Å². The molecule has 0 fully saturated rings. The van der Waals surface area contributed by atoms with Crippen LogP contribution in [0.15, 0.2) is 92.3 Å². The van der Waals surface area contributed by atoms with Gasteiger partial charge in [-0.15, -0.1) is 0 Å². The van der Waals surface area contributed by atoms with Gasteiger partial charge >= 0.3 is 5.76 Å². The quantitative estimate of drug-likeness (QED) is 0.257. The van der Waals surface area contributed by atoms with Crippen molar-refractivity contribution in [2.24, 2.45) is 4.99 Å². The van der Waals surface area contributed by atoms with Crippen LogP contribution in [0.4, 0.5) is 8.78 Å². The molecule has 0 unspecified atom stereocenters. The summed E-state index contributed by atoms with van der Waals surface area (Å²) in [6, 6.07) is 19.9. The Bertz CT molecular complexity index is 1560. The molecule has 6 nitrogen and oxygen atoms in total. The molecule has 0 atom stereocenters. The smallest absolute Gasteiger partial charge is 0.352 e. The van der Waals surface area contributed by atoms with Crippen LogP contribution in [0.5, 0.6) is 0 Å². The van der Waals surface area contributed by atoms with Crippen LogP contribution in [0.25, 0.3) is 22.5 Å². The molecule has 1 aliphatic rings. The monoisotopic (exact) mass is 528 g/mol. The number of nitrogens with one attached hydrogen (secondary N) is 1. The molecule has 1 aromatic heterocycles. The molecule has 0 spiro atoms. The third-order valence-corrected chi connectivity index (χ3v) is 7.03. The van der Waals surface area contributed by atoms with Gasteiger partial charge < -0.3 is 4.90 Å². The van der Waals surface area contributed by atoms with Crippen LogP contribution in [-0.4, -0.2) is 27.4 Å². The standard InChI is InChI=1S/C31H30F2N4O2/c1-3-4-12-29-23(18-37(20(2)34-29)19-26-27(32)10-7-11-28(26)33)17-21-13-15-22(16-14-21)24-8-5-6-9-25(24)30-35-31(38)39-36-30/h5-11,13-16H,3-4,12,17-19H2,1-2H3,(H,35,36,38). The minimum Gasteiger partial charge on any atom is -0.352 e. The molecule has 0 radical (unpaired) electrons. The van der Waals surface area contributed by atoms with Gasteiger partial charge in [-0.2, -0.15) is 0 Å². The highest BCUT2D eigenvalue weighted by molar-refractivity contribution is 5.82. The SMILES string of the molecule is CCCCC1=C(Cc2ccc(-c3ccccc3-c3noc(=O)[nH]3)cc2)CN(Cc2c(F)cccc2F)C(C)=N1. The second-order valence-corrected chi connectivity index (χ2v) is 9.73. The summed E-state index contributed by atoms with van der Waals surface area (Å²) in [5.74, 6) is -0.539. The van der Waals surface area contributed by atoms with Gasteiger partial charge in [0.15, 0.2) is 5.82 Å². The first-order valence-corrected chi connectivity index (χ1v) is 13.1. The third-order valence-electron chi connectivity index (χ3n) is 7.03. The number of allylic oxidation sites excluding steroid dienone is 1. The number of amidine groups is 1. The van der Waals surface area contributed by atoms with E-state index in [9.17, 15) is 13.6 Å². The zero-order valence-corrected chi connectivity index (χ0v) is 22.0. The number of H-pyrrole nitrogens is 1. The summed E-state index contributed by atoms with van der Waals surface area (Å²) in [5, 5.41) is 3.84. The number of unbranched alkanes of at least 4 members (excludes halogenated alkanes) is 1. The predicted molar refractivity (Wildman–Crippen MR) is 148 cm³/mol. The van der Waals surface area contributed by atoms with E-state index in [0.717, 1.165) is 58.6 Å².